The Labute approximate surface area is 178 Å². The van der Waals surface area contributed by atoms with Crippen LogP contribution in [0.1, 0.15) is 29.7 Å². The van der Waals surface area contributed by atoms with Crippen molar-refractivity contribution >= 4 is 21.6 Å². The number of likely N-dealkylation sites (tertiary alicyclic amines) is 1. The third-order valence-corrected chi connectivity index (χ3v) is 8.94. The fourth-order valence-corrected chi connectivity index (χ4v) is 6.73. The molecule has 2 aliphatic rings. The standard InChI is InChI=1S/C21H29ClN4O2S/c1-15-11-21(16(2)10-20(15)22)29(27,28)26-12-17-5-8-25(9-6-18(17)13-26)14-19-4-7-23-24(19)3/h4,7,10-11,17-18H,5-6,8-9,12-14H2,1-3H3/t17-,18+. The van der Waals surface area contributed by atoms with Crippen molar-refractivity contribution in [2.45, 2.75) is 38.1 Å². The number of nitrogens with zero attached hydrogens (tertiary/aromatic N) is 4. The molecule has 6 nitrogen and oxygen atoms in total. The first kappa shape index (κ1) is 20.8. The van der Waals surface area contributed by atoms with Crippen LogP contribution >= 0.6 is 11.6 Å². The first-order chi connectivity index (χ1) is 13.8. The Hall–Kier alpha value is -1.41. The van der Waals surface area contributed by atoms with Gasteiger partial charge in [-0.2, -0.15) is 9.40 Å². The lowest BCUT2D eigenvalue weighted by Crippen LogP contribution is -2.31. The number of sulfonamides is 1. The molecule has 2 aromatic rings. The minimum Gasteiger partial charge on any atom is -0.298 e. The molecule has 2 fully saturated rings. The highest BCUT2D eigenvalue weighted by atomic mass is 35.5. The Morgan fingerprint density at radius 1 is 1.10 bits per heavy atom. The fourth-order valence-electron chi connectivity index (χ4n) is 4.67. The summed E-state index contributed by atoms with van der Waals surface area (Å²) in [5.74, 6) is 0.852. The molecule has 2 atom stereocenters. The first-order valence-electron chi connectivity index (χ1n) is 10.2. The van der Waals surface area contributed by atoms with Crippen LogP contribution in [-0.2, 0) is 23.6 Å². The van der Waals surface area contributed by atoms with Crippen LogP contribution < -0.4 is 0 Å². The average molecular weight is 437 g/mol. The topological polar surface area (TPSA) is 58.4 Å². The number of aryl methyl sites for hydroxylation is 3. The molecule has 3 heterocycles. The molecule has 0 aliphatic carbocycles. The molecule has 1 aromatic carbocycles. The fraction of sp³-hybridized carbons (Fsp3) is 0.571. The van der Waals surface area contributed by atoms with Crippen LogP contribution in [0.3, 0.4) is 0 Å². The molecular weight excluding hydrogens is 408 g/mol. The summed E-state index contributed by atoms with van der Waals surface area (Å²) in [5.41, 5.74) is 2.74. The maximum absolute atomic E-state index is 13.3. The molecule has 158 valence electrons. The quantitative estimate of drug-likeness (QED) is 0.738. The van der Waals surface area contributed by atoms with Crippen LogP contribution in [0.5, 0.6) is 0 Å². The van der Waals surface area contributed by atoms with Crippen LogP contribution in [-0.4, -0.2) is 53.6 Å². The lowest BCUT2D eigenvalue weighted by Gasteiger charge is -2.22. The van der Waals surface area contributed by atoms with E-state index in [1.54, 1.807) is 16.4 Å². The molecule has 0 saturated carbocycles. The van der Waals surface area contributed by atoms with Gasteiger partial charge in [-0.1, -0.05) is 11.6 Å². The summed E-state index contributed by atoms with van der Waals surface area (Å²) in [6, 6.07) is 5.54. The molecule has 0 bridgehead atoms. The first-order valence-corrected chi connectivity index (χ1v) is 12.0. The summed E-state index contributed by atoms with van der Waals surface area (Å²) in [7, 11) is -1.51. The van der Waals surface area contributed by atoms with Gasteiger partial charge in [0.15, 0.2) is 0 Å². The van der Waals surface area contributed by atoms with Crippen LogP contribution in [0, 0.1) is 25.7 Å². The van der Waals surface area contributed by atoms with E-state index < -0.39 is 10.0 Å². The molecule has 0 spiro atoms. The summed E-state index contributed by atoms with van der Waals surface area (Å²) in [5, 5.41) is 4.87. The number of halogens is 1. The van der Waals surface area contributed by atoms with E-state index in [0.29, 0.717) is 34.8 Å². The van der Waals surface area contributed by atoms with Crippen molar-refractivity contribution in [3.05, 3.63) is 46.2 Å². The molecular formula is C21H29ClN4O2S. The van der Waals surface area contributed by atoms with Gasteiger partial charge in [0.1, 0.15) is 0 Å². The number of hydrogen-bond acceptors (Lipinski definition) is 4. The lowest BCUT2D eigenvalue weighted by atomic mass is 9.92. The highest BCUT2D eigenvalue weighted by Gasteiger charge is 2.40. The third-order valence-electron chi connectivity index (χ3n) is 6.56. The number of rotatable bonds is 4. The maximum atomic E-state index is 13.3. The molecule has 1 aromatic heterocycles. The van der Waals surface area contributed by atoms with E-state index in [9.17, 15) is 8.42 Å². The normalized spacial score (nSPS) is 23.9. The SMILES string of the molecule is Cc1cc(S(=O)(=O)N2C[C@H]3CCN(Cc4ccnn4C)CC[C@H]3C2)c(C)cc1Cl. The van der Waals surface area contributed by atoms with Gasteiger partial charge in [0.2, 0.25) is 10.0 Å². The molecule has 0 amide bonds. The largest absolute Gasteiger partial charge is 0.298 e. The van der Waals surface area contributed by atoms with Gasteiger partial charge in [0, 0.05) is 37.9 Å². The second-order valence-corrected chi connectivity index (χ2v) is 10.8. The van der Waals surface area contributed by atoms with Crippen molar-refractivity contribution < 1.29 is 8.42 Å². The molecule has 4 rings (SSSR count). The van der Waals surface area contributed by atoms with Gasteiger partial charge in [-0.3, -0.25) is 9.58 Å². The number of benzene rings is 1. The summed E-state index contributed by atoms with van der Waals surface area (Å²) in [6.45, 7) is 7.81. The Balaban J connectivity index is 1.45. The molecule has 0 N–H and O–H groups in total. The van der Waals surface area contributed by atoms with E-state index >= 15 is 0 Å². The van der Waals surface area contributed by atoms with Gasteiger partial charge >= 0.3 is 0 Å². The van der Waals surface area contributed by atoms with Crippen molar-refractivity contribution in [1.82, 2.24) is 19.0 Å². The van der Waals surface area contributed by atoms with Gasteiger partial charge in [-0.25, -0.2) is 8.42 Å². The van der Waals surface area contributed by atoms with E-state index in [1.807, 2.05) is 31.8 Å². The van der Waals surface area contributed by atoms with Crippen LogP contribution in [0.15, 0.2) is 29.3 Å². The summed E-state index contributed by atoms with van der Waals surface area (Å²) in [6.07, 6.45) is 3.91. The van der Waals surface area contributed by atoms with Crippen LogP contribution in [0.2, 0.25) is 5.02 Å². The smallest absolute Gasteiger partial charge is 0.243 e. The second kappa shape index (κ2) is 8.02. The number of fused-ring (bicyclic) bond motifs is 1. The van der Waals surface area contributed by atoms with E-state index in [4.69, 9.17) is 11.6 Å². The van der Waals surface area contributed by atoms with Gasteiger partial charge in [-0.05, 0) is 80.9 Å². The zero-order valence-electron chi connectivity index (χ0n) is 17.3. The van der Waals surface area contributed by atoms with Gasteiger partial charge in [0.05, 0.1) is 10.6 Å². The predicted octanol–water partition coefficient (Wildman–Crippen LogP) is 3.22. The number of hydrogen-bond donors (Lipinski definition) is 0. The van der Waals surface area contributed by atoms with E-state index in [2.05, 4.69) is 16.1 Å². The highest BCUT2D eigenvalue weighted by molar-refractivity contribution is 7.89. The maximum Gasteiger partial charge on any atom is 0.243 e. The van der Waals surface area contributed by atoms with Crippen LogP contribution in [0.4, 0.5) is 0 Å². The van der Waals surface area contributed by atoms with Gasteiger partial charge in [-0.15, -0.1) is 0 Å². The Morgan fingerprint density at radius 2 is 1.76 bits per heavy atom. The van der Waals surface area contributed by atoms with E-state index in [0.717, 1.165) is 43.6 Å². The second-order valence-electron chi connectivity index (χ2n) is 8.51. The lowest BCUT2D eigenvalue weighted by molar-refractivity contribution is 0.259. The van der Waals surface area contributed by atoms with Crippen LogP contribution in [0.25, 0.3) is 0 Å². The van der Waals surface area contributed by atoms with E-state index in [1.165, 1.54) is 5.69 Å². The monoisotopic (exact) mass is 436 g/mol. The summed E-state index contributed by atoms with van der Waals surface area (Å²) in [4.78, 5) is 2.87. The van der Waals surface area contributed by atoms with Crippen molar-refractivity contribution in [1.29, 1.82) is 0 Å². The zero-order chi connectivity index (χ0) is 20.8. The highest BCUT2D eigenvalue weighted by Crippen LogP contribution is 2.36. The molecule has 2 saturated heterocycles. The molecule has 2 aliphatic heterocycles. The van der Waals surface area contributed by atoms with Gasteiger partial charge in [0.25, 0.3) is 0 Å². The van der Waals surface area contributed by atoms with Crippen molar-refractivity contribution in [2.75, 3.05) is 26.2 Å². The zero-order valence-corrected chi connectivity index (χ0v) is 18.9. The number of aromatic nitrogens is 2. The van der Waals surface area contributed by atoms with Crippen molar-refractivity contribution in [3.63, 3.8) is 0 Å². The minimum absolute atomic E-state index is 0.397. The van der Waals surface area contributed by atoms with Crippen molar-refractivity contribution in [3.8, 4) is 0 Å². The summed E-state index contributed by atoms with van der Waals surface area (Å²) >= 11 is 6.17. The third kappa shape index (κ3) is 4.10. The Bertz CT molecular complexity index is 988. The Morgan fingerprint density at radius 3 is 2.34 bits per heavy atom. The Kier molecular flexibility index (Phi) is 5.77. The molecule has 0 unspecified atom stereocenters. The van der Waals surface area contributed by atoms with Gasteiger partial charge < -0.3 is 0 Å². The molecule has 8 heteroatoms. The average Bonchev–Trinajstić information content (AvgIpc) is 3.22. The van der Waals surface area contributed by atoms with E-state index in [-0.39, 0.29) is 0 Å². The molecule has 29 heavy (non-hydrogen) atoms. The molecule has 0 radical (unpaired) electrons. The van der Waals surface area contributed by atoms with Crippen molar-refractivity contribution in [2.24, 2.45) is 18.9 Å². The minimum atomic E-state index is -3.49. The summed E-state index contributed by atoms with van der Waals surface area (Å²) < 4.78 is 30.3. The predicted molar refractivity (Wildman–Crippen MR) is 114 cm³/mol.